The average molecular weight is 258 g/mol. The smallest absolute Gasteiger partial charge is 0.316 e. The summed E-state index contributed by atoms with van der Waals surface area (Å²) in [5, 5.41) is 4.03. The zero-order valence-corrected chi connectivity index (χ0v) is 11.6. The van der Waals surface area contributed by atoms with Crippen LogP contribution in [0.2, 0.25) is 5.02 Å². The summed E-state index contributed by atoms with van der Waals surface area (Å²) in [6, 6.07) is 0.722. The predicted octanol–water partition coefficient (Wildman–Crippen LogP) is 2.63. The van der Waals surface area contributed by atoms with Crippen LogP contribution in [0.3, 0.4) is 0 Å². The van der Waals surface area contributed by atoms with Crippen LogP contribution in [0.1, 0.15) is 38.8 Å². The molecule has 0 aliphatic heterocycles. The molecule has 5 heteroatoms. The number of aromatic nitrogens is 2. The van der Waals surface area contributed by atoms with Gasteiger partial charge in [0.25, 0.3) is 0 Å². The first-order chi connectivity index (χ1) is 8.13. The lowest BCUT2D eigenvalue weighted by Crippen LogP contribution is -2.33. The lowest BCUT2D eigenvalue weighted by atomic mass is 9.96. The molecule has 4 nitrogen and oxygen atoms in total. The van der Waals surface area contributed by atoms with Crippen molar-refractivity contribution in [2.24, 2.45) is 0 Å². The largest absolute Gasteiger partial charge is 0.467 e. The zero-order valence-electron chi connectivity index (χ0n) is 10.8. The van der Waals surface area contributed by atoms with Gasteiger partial charge in [0.15, 0.2) is 0 Å². The monoisotopic (exact) mass is 257 g/mol. The van der Waals surface area contributed by atoms with E-state index in [1.54, 1.807) is 13.3 Å². The Bertz CT molecular complexity index is 360. The number of nitrogens with one attached hydrogen (secondary N) is 1. The molecule has 0 spiro atoms. The lowest BCUT2D eigenvalue weighted by molar-refractivity contribution is 0.372. The molecular formula is C12H20ClN3O. The molecule has 0 saturated carbocycles. The highest BCUT2D eigenvalue weighted by Gasteiger charge is 2.21. The molecule has 0 fully saturated rings. The molecule has 0 aromatic carbocycles. The minimum atomic E-state index is 0.226. The van der Waals surface area contributed by atoms with Crippen molar-refractivity contribution in [1.82, 2.24) is 15.3 Å². The Morgan fingerprint density at radius 3 is 2.71 bits per heavy atom. The zero-order chi connectivity index (χ0) is 12.8. The third-order valence-electron chi connectivity index (χ3n) is 2.87. The summed E-state index contributed by atoms with van der Waals surface area (Å²) in [4.78, 5) is 8.32. The van der Waals surface area contributed by atoms with Crippen molar-refractivity contribution in [1.29, 1.82) is 0 Å². The normalized spacial score (nSPS) is 14.4. The maximum atomic E-state index is 6.14. The fourth-order valence-corrected chi connectivity index (χ4v) is 2.17. The van der Waals surface area contributed by atoms with Gasteiger partial charge in [0.05, 0.1) is 24.0 Å². The molecule has 96 valence electrons. The van der Waals surface area contributed by atoms with Crippen LogP contribution < -0.4 is 10.1 Å². The molecular weight excluding hydrogens is 238 g/mol. The van der Waals surface area contributed by atoms with E-state index in [0.717, 1.165) is 18.7 Å². The Morgan fingerprint density at radius 2 is 2.18 bits per heavy atom. The van der Waals surface area contributed by atoms with Gasteiger partial charge >= 0.3 is 6.01 Å². The van der Waals surface area contributed by atoms with Crippen LogP contribution in [0, 0.1) is 0 Å². The predicted molar refractivity (Wildman–Crippen MR) is 69.8 cm³/mol. The minimum Gasteiger partial charge on any atom is -0.467 e. The van der Waals surface area contributed by atoms with E-state index in [-0.39, 0.29) is 5.92 Å². The number of nitrogens with zero attached hydrogens (tertiary/aromatic N) is 2. The fraction of sp³-hybridized carbons (Fsp3) is 0.667. The number of ether oxygens (including phenoxy) is 1. The molecule has 1 heterocycles. The van der Waals surface area contributed by atoms with Crippen molar-refractivity contribution >= 4 is 11.6 Å². The first-order valence-corrected chi connectivity index (χ1v) is 6.31. The number of rotatable bonds is 6. The molecule has 0 saturated heterocycles. The molecule has 1 aromatic rings. The average Bonchev–Trinajstić information content (AvgIpc) is 2.35. The summed E-state index contributed by atoms with van der Waals surface area (Å²) in [6.45, 7) is 7.29. The van der Waals surface area contributed by atoms with E-state index in [2.05, 4.69) is 36.1 Å². The Hall–Kier alpha value is -0.870. The van der Waals surface area contributed by atoms with Crippen LogP contribution in [0.4, 0.5) is 0 Å². The maximum absolute atomic E-state index is 6.14. The van der Waals surface area contributed by atoms with E-state index in [1.165, 1.54) is 0 Å². The number of hydrogen-bond donors (Lipinski definition) is 1. The standard InChI is InChI=1S/C12H20ClN3O/c1-5-10(14-6-2)8(3)11-9(13)7-15-12(16-11)17-4/h7-8,10,14H,5-6H2,1-4H3. The van der Waals surface area contributed by atoms with Crippen LogP contribution in [0.15, 0.2) is 6.20 Å². The van der Waals surface area contributed by atoms with Gasteiger partial charge in [-0.25, -0.2) is 4.98 Å². The Balaban J connectivity index is 2.96. The van der Waals surface area contributed by atoms with Gasteiger partial charge < -0.3 is 10.1 Å². The highest BCUT2D eigenvalue weighted by atomic mass is 35.5. The van der Waals surface area contributed by atoms with E-state index >= 15 is 0 Å². The first-order valence-electron chi connectivity index (χ1n) is 5.93. The Kier molecular flexibility index (Phi) is 5.65. The van der Waals surface area contributed by atoms with Gasteiger partial charge in [-0.1, -0.05) is 32.4 Å². The number of methoxy groups -OCH3 is 1. The molecule has 1 aromatic heterocycles. The lowest BCUT2D eigenvalue weighted by Gasteiger charge is -2.23. The van der Waals surface area contributed by atoms with Crippen LogP contribution >= 0.6 is 11.6 Å². The van der Waals surface area contributed by atoms with Gasteiger partial charge in [-0.05, 0) is 13.0 Å². The van der Waals surface area contributed by atoms with Gasteiger partial charge in [0, 0.05) is 12.0 Å². The number of hydrogen-bond acceptors (Lipinski definition) is 4. The maximum Gasteiger partial charge on any atom is 0.316 e. The second-order valence-corrected chi connectivity index (χ2v) is 4.36. The Labute approximate surface area is 108 Å². The third-order valence-corrected chi connectivity index (χ3v) is 3.16. The molecule has 17 heavy (non-hydrogen) atoms. The molecule has 0 aliphatic rings. The van der Waals surface area contributed by atoms with E-state index < -0.39 is 0 Å². The molecule has 2 atom stereocenters. The second kappa shape index (κ2) is 6.77. The second-order valence-electron chi connectivity index (χ2n) is 3.95. The van der Waals surface area contributed by atoms with Gasteiger partial charge in [-0.3, -0.25) is 0 Å². The molecule has 2 unspecified atom stereocenters. The summed E-state index contributed by atoms with van der Waals surface area (Å²) in [5.41, 5.74) is 0.839. The van der Waals surface area contributed by atoms with Gasteiger partial charge in [0.1, 0.15) is 0 Å². The Morgan fingerprint density at radius 1 is 1.47 bits per heavy atom. The van der Waals surface area contributed by atoms with E-state index in [0.29, 0.717) is 17.1 Å². The number of halogens is 1. The first kappa shape index (κ1) is 14.2. The van der Waals surface area contributed by atoms with Crippen molar-refractivity contribution < 1.29 is 4.74 Å². The van der Waals surface area contributed by atoms with Gasteiger partial charge in [-0.2, -0.15) is 4.98 Å². The third kappa shape index (κ3) is 3.54. The van der Waals surface area contributed by atoms with Crippen LogP contribution in [-0.4, -0.2) is 29.7 Å². The molecule has 0 aliphatic carbocycles. The van der Waals surface area contributed by atoms with Crippen LogP contribution in [0.25, 0.3) is 0 Å². The highest BCUT2D eigenvalue weighted by Crippen LogP contribution is 2.27. The summed E-state index contributed by atoms with van der Waals surface area (Å²) in [6.07, 6.45) is 2.62. The summed E-state index contributed by atoms with van der Waals surface area (Å²) >= 11 is 6.14. The fourth-order valence-electron chi connectivity index (χ4n) is 1.91. The van der Waals surface area contributed by atoms with Crippen molar-refractivity contribution in [3.8, 4) is 6.01 Å². The summed E-state index contributed by atoms with van der Waals surface area (Å²) in [7, 11) is 1.55. The molecule has 0 radical (unpaired) electrons. The highest BCUT2D eigenvalue weighted by molar-refractivity contribution is 6.31. The SMILES string of the molecule is CCNC(CC)C(C)c1nc(OC)ncc1Cl. The topological polar surface area (TPSA) is 47.0 Å². The van der Waals surface area contributed by atoms with Crippen LogP contribution in [0.5, 0.6) is 6.01 Å². The van der Waals surface area contributed by atoms with E-state index in [4.69, 9.17) is 16.3 Å². The quantitative estimate of drug-likeness (QED) is 0.851. The molecule has 1 N–H and O–H groups in total. The molecule has 0 amide bonds. The van der Waals surface area contributed by atoms with E-state index in [9.17, 15) is 0 Å². The van der Waals surface area contributed by atoms with Crippen molar-refractivity contribution in [2.45, 2.75) is 39.2 Å². The van der Waals surface area contributed by atoms with Crippen molar-refractivity contribution in [3.05, 3.63) is 16.9 Å². The summed E-state index contributed by atoms with van der Waals surface area (Å²) in [5.74, 6) is 0.226. The van der Waals surface area contributed by atoms with Crippen LogP contribution in [-0.2, 0) is 0 Å². The number of likely N-dealkylation sites (N-methyl/N-ethyl adjacent to an activating group) is 1. The van der Waals surface area contributed by atoms with Gasteiger partial charge in [0.2, 0.25) is 0 Å². The van der Waals surface area contributed by atoms with Crippen molar-refractivity contribution in [2.75, 3.05) is 13.7 Å². The van der Waals surface area contributed by atoms with E-state index in [1.807, 2.05) is 0 Å². The minimum absolute atomic E-state index is 0.226. The van der Waals surface area contributed by atoms with Crippen molar-refractivity contribution in [3.63, 3.8) is 0 Å². The molecule has 0 bridgehead atoms. The molecule has 1 rings (SSSR count). The van der Waals surface area contributed by atoms with Gasteiger partial charge in [-0.15, -0.1) is 0 Å². The summed E-state index contributed by atoms with van der Waals surface area (Å²) < 4.78 is 5.03.